The van der Waals surface area contributed by atoms with Crippen LogP contribution in [0.15, 0.2) is 78.9 Å². The lowest BCUT2D eigenvalue weighted by Crippen LogP contribution is -2.26. The van der Waals surface area contributed by atoms with Crippen molar-refractivity contribution >= 4 is 39.1 Å². The molecule has 0 spiro atoms. The predicted octanol–water partition coefficient (Wildman–Crippen LogP) is 6.91. The third-order valence-corrected chi connectivity index (χ3v) is 7.54. The predicted molar refractivity (Wildman–Crippen MR) is 191 cm³/mol. The maximum absolute atomic E-state index is 11.9. The molecule has 0 aliphatic carbocycles. The minimum atomic E-state index is -3.46. The van der Waals surface area contributed by atoms with E-state index in [9.17, 15) is 23.1 Å². The summed E-state index contributed by atoms with van der Waals surface area (Å²) in [5.41, 5.74) is 3.44. The SMILES string of the molecule is Cc1cccc(Oc2nc(-c3ccccc3)[nH]c2-c2ccccc2NS(C)(=O)=O)c1.[C-]#[N+]c1c(NC(=O)CC)c(OC(=O)N(C)C)n(C)c1O. The number of imidazole rings is 1. The molecule has 14 nitrogen and oxygen atoms in total. The molecule has 5 rings (SSSR count). The second kappa shape index (κ2) is 15.8. The number of hydrogen-bond donors (Lipinski definition) is 4. The number of nitrogens with zero attached hydrogens (tertiary/aromatic N) is 4. The Morgan fingerprint density at radius 2 is 1.74 bits per heavy atom. The first-order chi connectivity index (χ1) is 23.7. The quantitative estimate of drug-likeness (QED) is 0.120. The van der Waals surface area contributed by atoms with Gasteiger partial charge in [0.25, 0.3) is 5.69 Å². The Morgan fingerprint density at radius 3 is 2.36 bits per heavy atom. The number of ether oxygens (including phenoxy) is 2. The van der Waals surface area contributed by atoms with Gasteiger partial charge in [0.15, 0.2) is 5.88 Å². The van der Waals surface area contributed by atoms with Crippen LogP contribution in [0.1, 0.15) is 18.9 Å². The molecule has 0 saturated carbocycles. The van der Waals surface area contributed by atoms with Crippen LogP contribution in [0.25, 0.3) is 27.5 Å². The molecule has 0 atom stereocenters. The number of benzene rings is 3. The van der Waals surface area contributed by atoms with E-state index in [2.05, 4.69) is 24.9 Å². The number of carbonyl (C=O) groups excluding carboxylic acids is 2. The maximum atomic E-state index is 11.9. The van der Waals surface area contributed by atoms with Gasteiger partial charge in [-0.2, -0.15) is 4.98 Å². The summed E-state index contributed by atoms with van der Waals surface area (Å²) < 4.78 is 38.6. The highest BCUT2D eigenvalue weighted by Crippen LogP contribution is 2.45. The minimum absolute atomic E-state index is 0.0120. The summed E-state index contributed by atoms with van der Waals surface area (Å²) in [6.45, 7) is 10.7. The molecule has 50 heavy (non-hydrogen) atoms. The third kappa shape index (κ3) is 8.99. The number of para-hydroxylation sites is 1. The van der Waals surface area contributed by atoms with E-state index in [1.54, 1.807) is 19.1 Å². The molecule has 15 heteroatoms. The molecular formula is C35H37N7O7S. The summed E-state index contributed by atoms with van der Waals surface area (Å²) in [5.74, 6) is 0.810. The van der Waals surface area contributed by atoms with Gasteiger partial charge in [-0.1, -0.05) is 67.6 Å². The molecule has 0 bridgehead atoms. The molecule has 260 valence electrons. The number of carbonyl (C=O) groups is 2. The van der Waals surface area contributed by atoms with E-state index in [0.29, 0.717) is 34.4 Å². The summed E-state index contributed by atoms with van der Waals surface area (Å²) in [7, 11) is 0.948. The van der Waals surface area contributed by atoms with Crippen molar-refractivity contribution < 1.29 is 32.6 Å². The summed E-state index contributed by atoms with van der Waals surface area (Å²) in [5, 5.41) is 12.3. The van der Waals surface area contributed by atoms with Gasteiger partial charge in [-0.15, -0.1) is 0 Å². The summed E-state index contributed by atoms with van der Waals surface area (Å²) in [6.07, 6.45) is 0.624. The van der Waals surface area contributed by atoms with Crippen LogP contribution < -0.4 is 19.5 Å². The Balaban J connectivity index is 0.000000246. The minimum Gasteiger partial charge on any atom is -0.503 e. The number of aryl methyl sites for hydroxylation is 1. The van der Waals surface area contributed by atoms with E-state index in [-0.39, 0.29) is 35.5 Å². The monoisotopic (exact) mass is 699 g/mol. The van der Waals surface area contributed by atoms with Gasteiger partial charge in [-0.3, -0.25) is 14.1 Å². The average molecular weight is 700 g/mol. The van der Waals surface area contributed by atoms with Crippen molar-refractivity contribution in [3.05, 3.63) is 95.8 Å². The first kappa shape index (κ1) is 36.6. The van der Waals surface area contributed by atoms with Gasteiger partial charge < -0.3 is 29.8 Å². The Kier molecular flexibility index (Phi) is 11.5. The fourth-order valence-electron chi connectivity index (χ4n) is 4.50. The molecule has 0 aliphatic heterocycles. The number of H-pyrrole nitrogens is 1. The number of aromatic amines is 1. The molecule has 2 aromatic heterocycles. The fourth-order valence-corrected chi connectivity index (χ4v) is 5.08. The molecule has 0 unspecified atom stereocenters. The first-order valence-electron chi connectivity index (χ1n) is 15.2. The molecule has 2 amide bonds. The van der Waals surface area contributed by atoms with E-state index in [1.807, 2.05) is 73.7 Å². The molecule has 3 aromatic carbocycles. The Morgan fingerprint density at radius 1 is 1.06 bits per heavy atom. The highest BCUT2D eigenvalue weighted by molar-refractivity contribution is 7.92. The van der Waals surface area contributed by atoms with Gasteiger partial charge in [-0.25, -0.2) is 18.1 Å². The van der Waals surface area contributed by atoms with Crippen LogP contribution in [0.4, 0.5) is 21.9 Å². The van der Waals surface area contributed by atoms with Crippen LogP contribution in [-0.4, -0.2) is 65.3 Å². The normalized spacial score (nSPS) is 10.7. The van der Waals surface area contributed by atoms with Gasteiger partial charge in [0.1, 0.15) is 23.0 Å². The number of aromatic nitrogens is 3. The molecule has 0 aliphatic rings. The van der Waals surface area contributed by atoms with Crippen LogP contribution in [0.2, 0.25) is 0 Å². The van der Waals surface area contributed by atoms with E-state index in [1.165, 1.54) is 26.0 Å². The maximum Gasteiger partial charge on any atom is 0.416 e. The molecule has 0 radical (unpaired) electrons. The van der Waals surface area contributed by atoms with Crippen molar-refractivity contribution in [3.63, 3.8) is 0 Å². The van der Waals surface area contributed by atoms with Crippen LogP contribution in [0.5, 0.6) is 23.4 Å². The van der Waals surface area contributed by atoms with Crippen molar-refractivity contribution in [1.82, 2.24) is 19.4 Å². The molecule has 2 heterocycles. The third-order valence-electron chi connectivity index (χ3n) is 6.94. The zero-order chi connectivity index (χ0) is 36.6. The van der Waals surface area contributed by atoms with Crippen LogP contribution in [0.3, 0.4) is 0 Å². The Hall–Kier alpha value is -6.27. The zero-order valence-corrected chi connectivity index (χ0v) is 29.1. The fraction of sp³-hybridized carbons (Fsp3) is 0.200. The zero-order valence-electron chi connectivity index (χ0n) is 28.3. The van der Waals surface area contributed by atoms with Gasteiger partial charge in [0, 0.05) is 38.7 Å². The largest absolute Gasteiger partial charge is 0.503 e. The molecule has 0 fully saturated rings. The van der Waals surface area contributed by atoms with E-state index >= 15 is 0 Å². The first-order valence-corrected chi connectivity index (χ1v) is 17.1. The van der Waals surface area contributed by atoms with Crippen molar-refractivity contribution in [1.29, 1.82) is 0 Å². The van der Waals surface area contributed by atoms with Crippen LogP contribution >= 0.6 is 0 Å². The Bertz CT molecular complexity index is 2150. The summed E-state index contributed by atoms with van der Waals surface area (Å²) >= 11 is 0. The number of amides is 2. The van der Waals surface area contributed by atoms with Crippen LogP contribution in [0, 0.1) is 13.5 Å². The molecule has 0 saturated heterocycles. The van der Waals surface area contributed by atoms with E-state index in [4.69, 9.17) is 16.0 Å². The van der Waals surface area contributed by atoms with Gasteiger partial charge in [0.2, 0.25) is 27.7 Å². The summed E-state index contributed by atoms with van der Waals surface area (Å²) in [6, 6.07) is 24.5. The van der Waals surface area contributed by atoms with Crippen molar-refractivity contribution in [2.24, 2.45) is 7.05 Å². The molecule has 4 N–H and O–H groups in total. The van der Waals surface area contributed by atoms with E-state index < -0.39 is 16.1 Å². The van der Waals surface area contributed by atoms with Crippen LogP contribution in [-0.2, 0) is 21.9 Å². The number of rotatable bonds is 9. The lowest BCUT2D eigenvalue weighted by Gasteiger charge is -2.13. The van der Waals surface area contributed by atoms with Crippen molar-refractivity contribution in [2.75, 3.05) is 30.4 Å². The summed E-state index contributed by atoms with van der Waals surface area (Å²) in [4.78, 5) is 35.4. The number of aromatic hydroxyl groups is 1. The van der Waals surface area contributed by atoms with Crippen molar-refractivity contribution in [3.8, 4) is 46.0 Å². The average Bonchev–Trinajstić information content (AvgIpc) is 3.58. The Labute approximate surface area is 290 Å². The van der Waals surface area contributed by atoms with Gasteiger partial charge in [-0.05, 0) is 30.7 Å². The van der Waals surface area contributed by atoms with Gasteiger partial charge >= 0.3 is 6.09 Å². The number of anilines is 2. The number of hydrogen-bond acceptors (Lipinski definition) is 8. The number of nitrogens with one attached hydrogen (secondary N) is 3. The van der Waals surface area contributed by atoms with Crippen molar-refractivity contribution in [2.45, 2.75) is 20.3 Å². The lowest BCUT2D eigenvalue weighted by atomic mass is 10.1. The van der Waals surface area contributed by atoms with E-state index in [0.717, 1.165) is 21.9 Å². The standard InChI is InChI=1S/C23H21N3O3S.C12H16N4O4/c1-16-9-8-12-18(15-16)29-23-21(24-22(25-23)17-10-4-3-5-11-17)19-13-6-7-14-20(19)26-30(2,27)28;1-6-7(17)14-9-8(13-2)10(18)16(5)11(9)20-12(19)15(3)4/h3-15,26H,1-2H3,(H,24,25);18H,6H2,1,3-5H3,(H,14,17). The molecular weight excluding hydrogens is 662 g/mol. The van der Waals surface area contributed by atoms with Gasteiger partial charge in [0.05, 0.1) is 18.5 Å². The lowest BCUT2D eigenvalue weighted by molar-refractivity contribution is -0.115. The molecule has 5 aromatic rings. The smallest absolute Gasteiger partial charge is 0.416 e. The highest BCUT2D eigenvalue weighted by Gasteiger charge is 2.26. The second-order valence-corrected chi connectivity index (χ2v) is 12.9. The number of sulfonamides is 1. The topological polar surface area (TPSA) is 172 Å². The highest BCUT2D eigenvalue weighted by atomic mass is 32.2. The second-order valence-electron chi connectivity index (χ2n) is 11.2.